The van der Waals surface area contributed by atoms with Crippen molar-refractivity contribution in [2.45, 2.75) is 103 Å². The average Bonchev–Trinajstić information content (AvgIpc) is 2.50. The summed E-state index contributed by atoms with van der Waals surface area (Å²) in [4.78, 5) is 11.6. The SMILES string of the molecule is CCCCCCCCCCCCCCC(C(=O)OCC)S(=O)(=O)O.[Na]. The van der Waals surface area contributed by atoms with Crippen molar-refractivity contribution < 1.29 is 22.5 Å². The molecule has 0 saturated carbocycles. The number of carbonyl (C=O) groups excluding carboxylic acids is 1. The molecule has 145 valence electrons. The minimum absolute atomic E-state index is 0. The van der Waals surface area contributed by atoms with Gasteiger partial charge in [0, 0.05) is 29.6 Å². The van der Waals surface area contributed by atoms with Gasteiger partial charge < -0.3 is 4.74 Å². The van der Waals surface area contributed by atoms with Gasteiger partial charge in [-0.25, -0.2) is 0 Å². The third-order valence-electron chi connectivity index (χ3n) is 4.23. The Kier molecular flexibility index (Phi) is 19.6. The van der Waals surface area contributed by atoms with Crippen LogP contribution in [-0.2, 0) is 19.6 Å². The molecule has 0 aromatic rings. The summed E-state index contributed by atoms with van der Waals surface area (Å²) >= 11 is 0. The second-order valence-corrected chi connectivity index (χ2v) is 8.03. The molecule has 0 bridgehead atoms. The van der Waals surface area contributed by atoms with Crippen molar-refractivity contribution in [3.8, 4) is 0 Å². The fourth-order valence-electron chi connectivity index (χ4n) is 2.79. The van der Waals surface area contributed by atoms with Crippen molar-refractivity contribution in [3.63, 3.8) is 0 Å². The van der Waals surface area contributed by atoms with Crippen molar-refractivity contribution in [1.29, 1.82) is 0 Å². The average molecular weight is 388 g/mol. The molecule has 0 aromatic carbocycles. The van der Waals surface area contributed by atoms with Crippen LogP contribution in [0.1, 0.15) is 97.3 Å². The first kappa shape index (κ1) is 27.6. The summed E-state index contributed by atoms with van der Waals surface area (Å²) in [6.45, 7) is 3.96. The van der Waals surface area contributed by atoms with Gasteiger partial charge in [0.15, 0.2) is 5.25 Å². The standard InChI is InChI=1S/C18H36O5S.Na/c1-3-5-6-7-8-9-10-11-12-13-14-15-16-17(24(20,21)22)18(19)23-4-2;/h17H,3-16H2,1-2H3,(H,20,21,22);. The first-order chi connectivity index (χ1) is 11.4. The van der Waals surface area contributed by atoms with Crippen molar-refractivity contribution in [3.05, 3.63) is 0 Å². The van der Waals surface area contributed by atoms with Gasteiger partial charge >= 0.3 is 5.97 Å². The summed E-state index contributed by atoms with van der Waals surface area (Å²) in [5, 5.41) is -1.43. The van der Waals surface area contributed by atoms with Crippen molar-refractivity contribution in [1.82, 2.24) is 0 Å². The molecule has 1 atom stereocenters. The van der Waals surface area contributed by atoms with E-state index in [4.69, 9.17) is 9.29 Å². The van der Waals surface area contributed by atoms with Crippen molar-refractivity contribution >= 4 is 45.6 Å². The predicted molar refractivity (Wildman–Crippen MR) is 103 cm³/mol. The number of ether oxygens (including phenoxy) is 1. The van der Waals surface area contributed by atoms with Crippen LogP contribution >= 0.6 is 0 Å². The van der Waals surface area contributed by atoms with Gasteiger partial charge in [0.2, 0.25) is 0 Å². The van der Waals surface area contributed by atoms with E-state index in [1.807, 2.05) is 0 Å². The Balaban J connectivity index is 0. The first-order valence-electron chi connectivity index (χ1n) is 9.56. The zero-order valence-corrected chi connectivity index (χ0v) is 19.3. The molecule has 0 saturated heterocycles. The third kappa shape index (κ3) is 16.3. The van der Waals surface area contributed by atoms with E-state index in [1.165, 1.54) is 51.4 Å². The molecule has 0 rings (SSSR count). The molecular formula is C18H36NaO5S. The summed E-state index contributed by atoms with van der Waals surface area (Å²) in [5.41, 5.74) is 0. The fourth-order valence-corrected chi connectivity index (χ4v) is 3.57. The molecule has 0 fully saturated rings. The van der Waals surface area contributed by atoms with E-state index in [-0.39, 0.29) is 42.6 Å². The van der Waals surface area contributed by atoms with Gasteiger partial charge in [-0.05, 0) is 13.3 Å². The van der Waals surface area contributed by atoms with E-state index in [0.29, 0.717) is 6.42 Å². The second-order valence-electron chi connectivity index (χ2n) is 6.43. The molecule has 0 aliphatic rings. The van der Waals surface area contributed by atoms with Crippen LogP contribution < -0.4 is 0 Å². The third-order valence-corrected chi connectivity index (χ3v) is 5.38. The zero-order valence-electron chi connectivity index (χ0n) is 16.5. The van der Waals surface area contributed by atoms with Crippen LogP contribution in [0.2, 0.25) is 0 Å². The molecule has 0 spiro atoms. The van der Waals surface area contributed by atoms with Crippen LogP contribution in [0.25, 0.3) is 0 Å². The monoisotopic (exact) mass is 387 g/mol. The van der Waals surface area contributed by atoms with Gasteiger partial charge in [-0.3, -0.25) is 9.35 Å². The molecular weight excluding hydrogens is 351 g/mol. The smallest absolute Gasteiger partial charge is 0.326 e. The molecule has 0 aromatic heterocycles. The largest absolute Gasteiger partial charge is 0.465 e. The van der Waals surface area contributed by atoms with E-state index in [1.54, 1.807) is 6.92 Å². The molecule has 25 heavy (non-hydrogen) atoms. The molecule has 0 aliphatic carbocycles. The number of unbranched alkanes of at least 4 members (excludes halogenated alkanes) is 11. The summed E-state index contributed by atoms with van der Waals surface area (Å²) in [6.07, 6.45) is 14.2. The van der Waals surface area contributed by atoms with Crippen molar-refractivity contribution in [2.75, 3.05) is 6.61 Å². The van der Waals surface area contributed by atoms with Gasteiger partial charge in [0.1, 0.15) is 0 Å². The van der Waals surface area contributed by atoms with E-state index in [2.05, 4.69) is 6.92 Å². The van der Waals surface area contributed by atoms with Crippen molar-refractivity contribution in [2.24, 2.45) is 0 Å². The molecule has 0 heterocycles. The Morgan fingerprint density at radius 1 is 0.840 bits per heavy atom. The fraction of sp³-hybridized carbons (Fsp3) is 0.944. The maximum absolute atomic E-state index is 11.6. The quantitative estimate of drug-likeness (QED) is 0.182. The summed E-state index contributed by atoms with van der Waals surface area (Å²) in [6, 6.07) is 0. The minimum atomic E-state index is -4.38. The van der Waals surface area contributed by atoms with Gasteiger partial charge in [-0.1, -0.05) is 84.0 Å². The van der Waals surface area contributed by atoms with E-state index >= 15 is 0 Å². The molecule has 1 radical (unpaired) electrons. The van der Waals surface area contributed by atoms with E-state index in [9.17, 15) is 13.2 Å². The minimum Gasteiger partial charge on any atom is -0.465 e. The van der Waals surface area contributed by atoms with E-state index in [0.717, 1.165) is 19.3 Å². The van der Waals surface area contributed by atoms with Crippen LogP contribution in [0, 0.1) is 0 Å². The Labute approximate surface area is 176 Å². The molecule has 7 heteroatoms. The predicted octanol–water partition coefficient (Wildman–Crippen LogP) is 4.52. The van der Waals surface area contributed by atoms with Crippen LogP contribution in [0.4, 0.5) is 0 Å². The van der Waals surface area contributed by atoms with Gasteiger partial charge in [-0.15, -0.1) is 0 Å². The van der Waals surface area contributed by atoms with E-state index < -0.39 is 21.3 Å². The number of rotatable bonds is 16. The maximum Gasteiger partial charge on any atom is 0.326 e. The number of hydrogen-bond donors (Lipinski definition) is 1. The summed E-state index contributed by atoms with van der Waals surface area (Å²) < 4.78 is 36.3. The molecule has 0 aliphatic heterocycles. The second kappa shape index (κ2) is 17.8. The molecule has 1 unspecified atom stereocenters. The number of esters is 1. The van der Waals surface area contributed by atoms with Crippen LogP contribution in [0.3, 0.4) is 0 Å². The summed E-state index contributed by atoms with van der Waals surface area (Å²) in [7, 11) is -4.38. The topological polar surface area (TPSA) is 80.7 Å². The van der Waals surface area contributed by atoms with Gasteiger partial charge in [0.25, 0.3) is 10.1 Å². The molecule has 0 amide bonds. The summed E-state index contributed by atoms with van der Waals surface area (Å²) in [5.74, 6) is -0.844. The molecule has 5 nitrogen and oxygen atoms in total. The first-order valence-corrected chi connectivity index (χ1v) is 11.1. The Bertz CT molecular complexity index is 412. The Morgan fingerprint density at radius 3 is 1.60 bits per heavy atom. The van der Waals surface area contributed by atoms with Gasteiger partial charge in [0.05, 0.1) is 6.61 Å². The van der Waals surface area contributed by atoms with Crippen LogP contribution in [-0.4, -0.2) is 60.4 Å². The Morgan fingerprint density at radius 2 is 1.24 bits per heavy atom. The maximum atomic E-state index is 11.6. The Hall–Kier alpha value is 0.380. The number of carbonyl (C=O) groups is 1. The van der Waals surface area contributed by atoms with Gasteiger partial charge in [-0.2, -0.15) is 8.42 Å². The molecule has 1 N–H and O–H groups in total. The van der Waals surface area contributed by atoms with Crippen LogP contribution in [0.15, 0.2) is 0 Å². The normalized spacial score (nSPS) is 12.4. The van der Waals surface area contributed by atoms with Crippen LogP contribution in [0.5, 0.6) is 0 Å². The zero-order chi connectivity index (χ0) is 18.3. The number of hydrogen-bond acceptors (Lipinski definition) is 4.